The van der Waals surface area contributed by atoms with E-state index in [-0.39, 0.29) is 5.57 Å². The van der Waals surface area contributed by atoms with Gasteiger partial charge in [-0.2, -0.15) is 0 Å². The van der Waals surface area contributed by atoms with E-state index in [1.165, 1.54) is 0 Å². The Kier molecular flexibility index (Phi) is 5.24. The van der Waals surface area contributed by atoms with Crippen molar-refractivity contribution in [2.24, 2.45) is 0 Å². The van der Waals surface area contributed by atoms with Gasteiger partial charge in [0.05, 0.1) is 18.8 Å². The first-order valence-corrected chi connectivity index (χ1v) is 5.92. The quantitative estimate of drug-likeness (QED) is 0.756. The molecule has 0 aliphatic heterocycles. The van der Waals surface area contributed by atoms with E-state index in [9.17, 15) is 4.79 Å². The molecule has 0 unspecified atom stereocenters. The van der Waals surface area contributed by atoms with Crippen molar-refractivity contribution in [2.75, 3.05) is 13.2 Å². The molecule has 0 bridgehead atoms. The summed E-state index contributed by atoms with van der Waals surface area (Å²) in [5.41, 5.74) is 0.566. The lowest BCUT2D eigenvalue weighted by Crippen LogP contribution is -2.02. The highest BCUT2D eigenvalue weighted by Gasteiger charge is 2.12. The Balaban J connectivity index is 3.03. The molecule has 4 nitrogen and oxygen atoms in total. The van der Waals surface area contributed by atoms with Gasteiger partial charge in [0.25, 0.3) is 0 Å². The molecule has 0 heterocycles. The van der Waals surface area contributed by atoms with Crippen LogP contribution in [0.1, 0.15) is 25.8 Å². The molecule has 0 aliphatic rings. The Morgan fingerprint density at radius 1 is 1.28 bits per heavy atom. The van der Waals surface area contributed by atoms with Crippen molar-refractivity contribution >= 4 is 11.5 Å². The zero-order valence-corrected chi connectivity index (χ0v) is 10.7. The fourth-order valence-electron chi connectivity index (χ4n) is 1.42. The number of aliphatic carboxylic acids is 1. The molecule has 0 aromatic heterocycles. The summed E-state index contributed by atoms with van der Waals surface area (Å²) >= 11 is 0. The molecule has 0 radical (unpaired) electrons. The minimum absolute atomic E-state index is 0.0411. The van der Waals surface area contributed by atoms with Crippen LogP contribution in [0.25, 0.3) is 5.57 Å². The molecule has 1 aromatic rings. The molecule has 0 saturated carbocycles. The van der Waals surface area contributed by atoms with E-state index in [0.717, 1.165) is 6.42 Å². The summed E-state index contributed by atoms with van der Waals surface area (Å²) in [7, 11) is 0. The van der Waals surface area contributed by atoms with Gasteiger partial charge in [0.15, 0.2) is 11.5 Å². The van der Waals surface area contributed by atoms with Gasteiger partial charge in [-0.1, -0.05) is 19.6 Å². The second-order valence-corrected chi connectivity index (χ2v) is 3.73. The molecule has 4 heteroatoms. The van der Waals surface area contributed by atoms with Gasteiger partial charge in [-0.25, -0.2) is 4.79 Å². The maximum Gasteiger partial charge on any atom is 0.335 e. The zero-order chi connectivity index (χ0) is 13.5. The Bertz CT molecular complexity index is 437. The maximum atomic E-state index is 10.9. The fraction of sp³-hybridized carbons (Fsp3) is 0.357. The van der Waals surface area contributed by atoms with Crippen molar-refractivity contribution < 1.29 is 19.4 Å². The molecule has 1 aromatic carbocycles. The predicted octanol–water partition coefficient (Wildman–Crippen LogP) is 2.97. The number of hydrogen-bond donors (Lipinski definition) is 1. The van der Waals surface area contributed by atoms with Crippen molar-refractivity contribution in [3.05, 3.63) is 30.3 Å². The molecule has 1 rings (SSSR count). The SMILES string of the molecule is C=C(C(=O)O)c1ccc(OCC)c(OCCC)c1. The van der Waals surface area contributed by atoms with Gasteiger partial charge in [-0.3, -0.25) is 0 Å². The fourth-order valence-corrected chi connectivity index (χ4v) is 1.42. The van der Waals surface area contributed by atoms with E-state index in [1.807, 2.05) is 13.8 Å². The molecule has 0 spiro atoms. The third-order valence-electron chi connectivity index (χ3n) is 2.31. The highest BCUT2D eigenvalue weighted by atomic mass is 16.5. The van der Waals surface area contributed by atoms with Crippen molar-refractivity contribution in [3.63, 3.8) is 0 Å². The van der Waals surface area contributed by atoms with Crippen LogP contribution < -0.4 is 9.47 Å². The van der Waals surface area contributed by atoms with Crippen LogP contribution in [0.2, 0.25) is 0 Å². The number of benzene rings is 1. The molecular weight excluding hydrogens is 232 g/mol. The zero-order valence-electron chi connectivity index (χ0n) is 10.7. The average Bonchev–Trinajstić information content (AvgIpc) is 2.36. The first kappa shape index (κ1) is 14.1. The first-order chi connectivity index (χ1) is 8.60. The lowest BCUT2D eigenvalue weighted by Gasteiger charge is -2.13. The summed E-state index contributed by atoms with van der Waals surface area (Å²) in [6.45, 7) is 8.50. The summed E-state index contributed by atoms with van der Waals surface area (Å²) in [6, 6.07) is 5.02. The summed E-state index contributed by atoms with van der Waals surface area (Å²) in [6.07, 6.45) is 0.871. The standard InChI is InChI=1S/C14H18O4/c1-4-8-18-13-9-11(10(3)14(15)16)6-7-12(13)17-5-2/h6-7,9H,3-5,8H2,1-2H3,(H,15,16). The van der Waals surface area contributed by atoms with Crippen LogP contribution in [-0.2, 0) is 4.79 Å². The number of carboxylic acid groups (broad SMARTS) is 1. The normalized spacial score (nSPS) is 9.89. The smallest absolute Gasteiger partial charge is 0.335 e. The monoisotopic (exact) mass is 250 g/mol. The van der Waals surface area contributed by atoms with E-state index in [0.29, 0.717) is 30.3 Å². The summed E-state index contributed by atoms with van der Waals surface area (Å²) in [4.78, 5) is 10.9. The van der Waals surface area contributed by atoms with Crippen molar-refractivity contribution in [1.82, 2.24) is 0 Å². The van der Waals surface area contributed by atoms with E-state index >= 15 is 0 Å². The Hall–Kier alpha value is -1.97. The van der Waals surface area contributed by atoms with Crippen molar-refractivity contribution in [3.8, 4) is 11.5 Å². The molecule has 98 valence electrons. The minimum atomic E-state index is -1.04. The van der Waals surface area contributed by atoms with Crippen LogP contribution in [0.4, 0.5) is 0 Å². The van der Waals surface area contributed by atoms with Gasteiger partial charge in [-0.15, -0.1) is 0 Å². The lowest BCUT2D eigenvalue weighted by atomic mass is 10.1. The summed E-state index contributed by atoms with van der Waals surface area (Å²) in [5.74, 6) is 0.132. The second-order valence-electron chi connectivity index (χ2n) is 3.73. The van der Waals surface area contributed by atoms with E-state index in [4.69, 9.17) is 14.6 Å². The topological polar surface area (TPSA) is 55.8 Å². The molecule has 0 saturated heterocycles. The van der Waals surface area contributed by atoms with E-state index in [1.54, 1.807) is 18.2 Å². The van der Waals surface area contributed by atoms with Gasteiger partial charge >= 0.3 is 5.97 Å². The highest BCUT2D eigenvalue weighted by Crippen LogP contribution is 2.30. The van der Waals surface area contributed by atoms with Crippen LogP contribution in [-0.4, -0.2) is 24.3 Å². The number of hydrogen-bond acceptors (Lipinski definition) is 3. The molecule has 1 N–H and O–H groups in total. The first-order valence-electron chi connectivity index (χ1n) is 5.92. The molecule has 18 heavy (non-hydrogen) atoms. The number of carboxylic acids is 1. The van der Waals surface area contributed by atoms with Gasteiger partial charge < -0.3 is 14.6 Å². The second kappa shape index (κ2) is 6.69. The van der Waals surface area contributed by atoms with Crippen LogP contribution in [0.15, 0.2) is 24.8 Å². The van der Waals surface area contributed by atoms with Crippen LogP contribution >= 0.6 is 0 Å². The molecule has 0 atom stereocenters. The van der Waals surface area contributed by atoms with Gasteiger partial charge in [0.2, 0.25) is 0 Å². The third kappa shape index (κ3) is 3.52. The maximum absolute atomic E-state index is 10.9. The van der Waals surface area contributed by atoms with Crippen molar-refractivity contribution in [1.29, 1.82) is 0 Å². The van der Waals surface area contributed by atoms with E-state index in [2.05, 4.69) is 6.58 Å². The summed E-state index contributed by atoms with van der Waals surface area (Å²) < 4.78 is 11.0. The molecule has 0 fully saturated rings. The van der Waals surface area contributed by atoms with Crippen LogP contribution in [0.5, 0.6) is 11.5 Å². The highest BCUT2D eigenvalue weighted by molar-refractivity contribution is 6.14. The van der Waals surface area contributed by atoms with Gasteiger partial charge in [-0.05, 0) is 31.0 Å². The Morgan fingerprint density at radius 3 is 2.56 bits per heavy atom. The average molecular weight is 250 g/mol. The van der Waals surface area contributed by atoms with E-state index < -0.39 is 5.97 Å². The Morgan fingerprint density at radius 2 is 2.00 bits per heavy atom. The minimum Gasteiger partial charge on any atom is -0.490 e. The van der Waals surface area contributed by atoms with Gasteiger partial charge in [0.1, 0.15) is 0 Å². The molecule has 0 amide bonds. The molecular formula is C14H18O4. The number of ether oxygens (including phenoxy) is 2. The third-order valence-corrected chi connectivity index (χ3v) is 2.31. The van der Waals surface area contributed by atoms with Crippen LogP contribution in [0, 0.1) is 0 Å². The largest absolute Gasteiger partial charge is 0.490 e. The predicted molar refractivity (Wildman–Crippen MR) is 70.1 cm³/mol. The van der Waals surface area contributed by atoms with Gasteiger partial charge in [0, 0.05) is 0 Å². The van der Waals surface area contributed by atoms with Crippen molar-refractivity contribution in [2.45, 2.75) is 20.3 Å². The number of rotatable bonds is 7. The molecule has 0 aliphatic carbocycles. The van der Waals surface area contributed by atoms with Crippen LogP contribution in [0.3, 0.4) is 0 Å². The summed E-state index contributed by atoms with van der Waals surface area (Å²) in [5, 5.41) is 8.90. The lowest BCUT2D eigenvalue weighted by molar-refractivity contribution is -0.130. The Labute approximate surface area is 107 Å². The number of carbonyl (C=O) groups is 1.